The molecule has 3 aromatic heterocycles. The smallest absolute Gasteiger partial charge is 0.336 e. The number of rotatable bonds is 6. The highest BCUT2D eigenvalue weighted by Crippen LogP contribution is 2.29. The average Bonchev–Trinajstić information content (AvgIpc) is 3.09. The lowest BCUT2D eigenvalue weighted by Gasteiger charge is -2.09. The monoisotopic (exact) mass is 394 g/mol. The molecule has 4 rings (SSSR count). The third-order valence-corrected chi connectivity index (χ3v) is 5.29. The van der Waals surface area contributed by atoms with Crippen LogP contribution in [0.1, 0.15) is 18.9 Å². The highest BCUT2D eigenvalue weighted by molar-refractivity contribution is 7.98. The van der Waals surface area contributed by atoms with Crippen molar-refractivity contribution < 1.29 is 9.52 Å². The first kappa shape index (κ1) is 18.2. The molecule has 0 unspecified atom stereocenters. The van der Waals surface area contributed by atoms with Gasteiger partial charge >= 0.3 is 5.63 Å². The first-order valence-electron chi connectivity index (χ1n) is 8.88. The fourth-order valence-electron chi connectivity index (χ4n) is 3.02. The number of nitrogens with zero attached hydrogens (tertiary/aromatic N) is 4. The van der Waals surface area contributed by atoms with Crippen molar-refractivity contribution in [2.24, 2.45) is 0 Å². The van der Waals surface area contributed by atoms with Crippen LogP contribution in [0.15, 0.2) is 63.2 Å². The fourth-order valence-corrected chi connectivity index (χ4v) is 3.97. The van der Waals surface area contributed by atoms with Crippen LogP contribution in [0.25, 0.3) is 22.4 Å². The Hall–Kier alpha value is -3.13. The quantitative estimate of drug-likeness (QED) is 0.392. The number of benzene rings is 1. The summed E-state index contributed by atoms with van der Waals surface area (Å²) in [6.07, 6.45) is 4.41. The summed E-state index contributed by atoms with van der Waals surface area (Å²) >= 11 is 1.51. The first-order valence-corrected chi connectivity index (χ1v) is 9.86. The maximum atomic E-state index is 11.9. The fraction of sp³-hybridized carbons (Fsp3) is 0.200. The molecule has 0 saturated heterocycles. The van der Waals surface area contributed by atoms with Crippen LogP contribution in [0, 0.1) is 0 Å². The summed E-state index contributed by atoms with van der Waals surface area (Å²) in [7, 11) is 0. The molecule has 1 aromatic carbocycles. The van der Waals surface area contributed by atoms with Crippen molar-refractivity contribution in [1.82, 2.24) is 19.7 Å². The molecule has 4 aromatic rings. The van der Waals surface area contributed by atoms with Gasteiger partial charge in [-0.05, 0) is 36.2 Å². The molecule has 3 heterocycles. The highest BCUT2D eigenvalue weighted by Gasteiger charge is 2.15. The van der Waals surface area contributed by atoms with Gasteiger partial charge in [-0.25, -0.2) is 4.79 Å². The molecule has 0 amide bonds. The van der Waals surface area contributed by atoms with E-state index in [4.69, 9.17) is 4.42 Å². The average molecular weight is 394 g/mol. The normalized spacial score (nSPS) is 11.2. The molecule has 1 N–H and O–H groups in total. The van der Waals surface area contributed by atoms with Gasteiger partial charge in [-0.2, -0.15) is 0 Å². The van der Waals surface area contributed by atoms with E-state index in [0.717, 1.165) is 40.5 Å². The van der Waals surface area contributed by atoms with Crippen molar-refractivity contribution in [2.75, 3.05) is 0 Å². The number of fused-ring (bicyclic) bond motifs is 1. The zero-order valence-corrected chi connectivity index (χ0v) is 16.0. The lowest BCUT2D eigenvalue weighted by Crippen LogP contribution is -2.03. The zero-order chi connectivity index (χ0) is 19.5. The molecule has 28 heavy (non-hydrogen) atoms. The molecule has 0 saturated carbocycles. The predicted octanol–water partition coefficient (Wildman–Crippen LogP) is 3.85. The van der Waals surface area contributed by atoms with Crippen molar-refractivity contribution in [3.8, 4) is 17.1 Å². The van der Waals surface area contributed by atoms with E-state index in [1.807, 2.05) is 12.1 Å². The Balaban J connectivity index is 1.67. The van der Waals surface area contributed by atoms with Gasteiger partial charge in [-0.1, -0.05) is 18.7 Å². The topological polar surface area (TPSA) is 94.0 Å². The van der Waals surface area contributed by atoms with Crippen LogP contribution in [0.5, 0.6) is 5.75 Å². The van der Waals surface area contributed by atoms with E-state index in [1.165, 1.54) is 23.9 Å². The Bertz CT molecular complexity index is 1170. The van der Waals surface area contributed by atoms with Crippen LogP contribution in [-0.4, -0.2) is 24.9 Å². The number of thioether (sulfide) groups is 1. The van der Waals surface area contributed by atoms with Gasteiger partial charge in [-0.15, -0.1) is 10.2 Å². The molecule has 0 radical (unpaired) electrons. The van der Waals surface area contributed by atoms with Gasteiger partial charge in [0.25, 0.3) is 0 Å². The zero-order valence-electron chi connectivity index (χ0n) is 15.2. The number of aromatic hydroxyl groups is 1. The number of aromatic nitrogens is 4. The Labute approximate surface area is 165 Å². The maximum Gasteiger partial charge on any atom is 0.336 e. The number of hydrogen-bond acceptors (Lipinski definition) is 7. The summed E-state index contributed by atoms with van der Waals surface area (Å²) in [6, 6.07) is 10.1. The van der Waals surface area contributed by atoms with E-state index in [0.29, 0.717) is 11.3 Å². The van der Waals surface area contributed by atoms with Crippen LogP contribution in [0.3, 0.4) is 0 Å². The molecule has 0 atom stereocenters. The molecule has 0 fully saturated rings. The Morgan fingerprint density at radius 2 is 1.96 bits per heavy atom. The molecule has 142 valence electrons. The maximum absolute atomic E-state index is 11.9. The summed E-state index contributed by atoms with van der Waals surface area (Å²) < 4.78 is 7.28. The second-order valence-electron chi connectivity index (χ2n) is 6.25. The van der Waals surface area contributed by atoms with Gasteiger partial charge in [-0.3, -0.25) is 4.98 Å². The van der Waals surface area contributed by atoms with Crippen molar-refractivity contribution in [1.29, 1.82) is 0 Å². The second kappa shape index (κ2) is 7.85. The molecule has 0 bridgehead atoms. The van der Waals surface area contributed by atoms with E-state index in [2.05, 4.69) is 26.7 Å². The molecule has 0 aliphatic carbocycles. The van der Waals surface area contributed by atoms with Crippen LogP contribution < -0.4 is 5.63 Å². The number of hydrogen-bond donors (Lipinski definition) is 1. The van der Waals surface area contributed by atoms with Crippen molar-refractivity contribution >= 4 is 22.7 Å². The Morgan fingerprint density at radius 1 is 1.14 bits per heavy atom. The standard InChI is InChI=1S/C20H18N4O3S/c1-2-9-24-19(13-5-7-21-8-6-13)22-23-20(24)28-12-14-10-18(26)27-17-11-15(25)3-4-16(14)17/h3-8,10-11,25H,2,9,12H2,1H3. The lowest BCUT2D eigenvalue weighted by atomic mass is 10.1. The summed E-state index contributed by atoms with van der Waals surface area (Å²) in [4.78, 5) is 15.9. The Morgan fingerprint density at radius 3 is 2.75 bits per heavy atom. The van der Waals surface area contributed by atoms with Crippen molar-refractivity contribution in [2.45, 2.75) is 30.8 Å². The summed E-state index contributed by atoms with van der Waals surface area (Å²) in [5.74, 6) is 1.39. The van der Waals surface area contributed by atoms with E-state index < -0.39 is 5.63 Å². The number of phenolic OH excluding ortho intramolecular Hbond substituents is 1. The molecule has 8 heteroatoms. The number of phenols is 1. The van der Waals surface area contributed by atoms with Crippen molar-refractivity contribution in [3.63, 3.8) is 0 Å². The SMILES string of the molecule is CCCn1c(SCc2cc(=O)oc3cc(O)ccc23)nnc1-c1ccncc1. The highest BCUT2D eigenvalue weighted by atomic mass is 32.2. The first-order chi connectivity index (χ1) is 13.7. The van der Waals surface area contributed by atoms with Gasteiger partial charge in [0, 0.05) is 47.8 Å². The minimum Gasteiger partial charge on any atom is -0.508 e. The number of pyridine rings is 1. The van der Waals surface area contributed by atoms with Crippen LogP contribution in [-0.2, 0) is 12.3 Å². The molecule has 0 spiro atoms. The molecule has 0 aliphatic heterocycles. The lowest BCUT2D eigenvalue weighted by molar-refractivity contribution is 0.473. The van der Waals surface area contributed by atoms with E-state index in [1.54, 1.807) is 24.5 Å². The van der Waals surface area contributed by atoms with Crippen LogP contribution >= 0.6 is 11.8 Å². The summed E-state index contributed by atoms with van der Waals surface area (Å²) in [5.41, 5.74) is 1.72. The second-order valence-corrected chi connectivity index (χ2v) is 7.20. The third kappa shape index (κ3) is 3.63. The van der Waals surface area contributed by atoms with Gasteiger partial charge in [0.05, 0.1) is 0 Å². The van der Waals surface area contributed by atoms with Gasteiger partial charge in [0.15, 0.2) is 11.0 Å². The van der Waals surface area contributed by atoms with Crippen LogP contribution in [0.2, 0.25) is 0 Å². The van der Waals surface area contributed by atoms with Gasteiger partial charge in [0.2, 0.25) is 0 Å². The summed E-state index contributed by atoms with van der Waals surface area (Å²) in [6.45, 7) is 2.89. The third-order valence-electron chi connectivity index (χ3n) is 4.27. The van der Waals surface area contributed by atoms with Crippen LogP contribution in [0.4, 0.5) is 0 Å². The summed E-state index contributed by atoms with van der Waals surface area (Å²) in [5, 5.41) is 19.9. The van der Waals surface area contributed by atoms with E-state index >= 15 is 0 Å². The van der Waals surface area contributed by atoms with Crippen molar-refractivity contribution in [3.05, 3.63) is 64.8 Å². The molecule has 7 nitrogen and oxygen atoms in total. The molecular formula is C20H18N4O3S. The van der Waals surface area contributed by atoms with Gasteiger partial charge in [0.1, 0.15) is 11.3 Å². The molecular weight excluding hydrogens is 376 g/mol. The largest absolute Gasteiger partial charge is 0.508 e. The minimum absolute atomic E-state index is 0.0603. The Kier molecular flexibility index (Phi) is 5.12. The van der Waals surface area contributed by atoms with E-state index in [-0.39, 0.29) is 5.75 Å². The molecule has 0 aliphatic rings. The minimum atomic E-state index is -0.443. The predicted molar refractivity (Wildman–Crippen MR) is 107 cm³/mol. The van der Waals surface area contributed by atoms with Gasteiger partial charge < -0.3 is 14.1 Å². The van der Waals surface area contributed by atoms with E-state index in [9.17, 15) is 9.90 Å².